The standard InChI is InChI=1S/C16H30N2O5.C7H12N2O2.C6H8N2O.CH4/c1-11-12(10-19)18(14(21)23-16(5,6)7)9-8-17(11)13(20)22-15(2,3)4;1-5-6-4-11-7(10)9(6)3-2-8-5;1-5-6(4-9)8-3-2-7-5;/h11-12,19H,8-10H2,1-7H3;5-6,8H,2-4H2,1H3;2-3,9H,4H2,1H3;1H4. The quantitative estimate of drug-likeness (QED) is 0.413. The number of nitrogens with one attached hydrogen (secondary N) is 1. The van der Waals surface area contributed by atoms with Gasteiger partial charge < -0.3 is 34.6 Å². The highest BCUT2D eigenvalue weighted by atomic mass is 16.6. The van der Waals surface area contributed by atoms with Crippen molar-refractivity contribution in [1.82, 2.24) is 30.0 Å². The number of rotatable bonds is 2. The Morgan fingerprint density at radius 2 is 1.52 bits per heavy atom. The van der Waals surface area contributed by atoms with E-state index >= 15 is 0 Å². The normalized spacial score (nSPS) is 23.1. The molecule has 44 heavy (non-hydrogen) atoms. The molecule has 3 saturated heterocycles. The van der Waals surface area contributed by atoms with Crippen molar-refractivity contribution in [2.75, 3.05) is 39.4 Å². The number of fused-ring (bicyclic) bond motifs is 1. The highest BCUT2D eigenvalue weighted by Gasteiger charge is 2.41. The molecule has 1 aromatic rings. The van der Waals surface area contributed by atoms with Crippen LogP contribution in [0.4, 0.5) is 14.4 Å². The van der Waals surface area contributed by atoms with Gasteiger partial charge >= 0.3 is 18.3 Å². The number of hydrogen-bond acceptors (Lipinski definition) is 11. The Kier molecular flexibility index (Phi) is 14.8. The van der Waals surface area contributed by atoms with Crippen molar-refractivity contribution in [3.8, 4) is 0 Å². The zero-order valence-electron chi connectivity index (χ0n) is 27.0. The molecule has 14 heteroatoms. The number of aromatic nitrogens is 2. The molecule has 3 fully saturated rings. The van der Waals surface area contributed by atoms with Crippen LogP contribution in [-0.2, 0) is 20.8 Å². The summed E-state index contributed by atoms with van der Waals surface area (Å²) in [7, 11) is 0. The third-order valence-corrected chi connectivity index (χ3v) is 7.01. The van der Waals surface area contributed by atoms with Gasteiger partial charge in [-0.15, -0.1) is 0 Å². The number of carbonyl (C=O) groups excluding carboxylic acids is 3. The van der Waals surface area contributed by atoms with E-state index < -0.39 is 29.4 Å². The molecule has 3 amide bonds. The SMILES string of the molecule is C.CC1C(CO)N(C(=O)OC(C)(C)C)CCN1C(=O)OC(C)(C)C.CC1NCCN2C(=O)OCC12.Cc1nccnc1CO. The van der Waals surface area contributed by atoms with Gasteiger partial charge in [0.2, 0.25) is 0 Å². The predicted molar refractivity (Wildman–Crippen MR) is 165 cm³/mol. The van der Waals surface area contributed by atoms with Crippen LogP contribution < -0.4 is 5.32 Å². The average molecular weight is 627 g/mol. The van der Waals surface area contributed by atoms with Gasteiger partial charge in [-0.1, -0.05) is 7.43 Å². The van der Waals surface area contributed by atoms with Gasteiger partial charge in [-0.2, -0.15) is 0 Å². The summed E-state index contributed by atoms with van der Waals surface area (Å²) >= 11 is 0. The van der Waals surface area contributed by atoms with Crippen molar-refractivity contribution in [3.63, 3.8) is 0 Å². The van der Waals surface area contributed by atoms with Crippen LogP contribution in [0.2, 0.25) is 0 Å². The van der Waals surface area contributed by atoms with Gasteiger partial charge in [-0.3, -0.25) is 19.8 Å². The highest BCUT2D eigenvalue weighted by Crippen LogP contribution is 2.22. The van der Waals surface area contributed by atoms with Gasteiger partial charge in [0.15, 0.2) is 0 Å². The lowest BCUT2D eigenvalue weighted by molar-refractivity contribution is -0.0401. The minimum Gasteiger partial charge on any atom is -0.447 e. The molecule has 3 aliphatic rings. The first kappa shape index (κ1) is 38.8. The molecule has 1 aromatic heterocycles. The van der Waals surface area contributed by atoms with Crippen molar-refractivity contribution in [2.24, 2.45) is 0 Å². The molecule has 0 radical (unpaired) electrons. The Balaban J connectivity index is 0.000000378. The number of carbonyl (C=O) groups is 3. The van der Waals surface area contributed by atoms with Gasteiger partial charge in [-0.05, 0) is 62.3 Å². The Morgan fingerprint density at radius 1 is 0.977 bits per heavy atom. The van der Waals surface area contributed by atoms with Crippen LogP contribution in [0.25, 0.3) is 0 Å². The lowest BCUT2D eigenvalue weighted by atomic mass is 10.0. The molecular formula is C30H54N6O8. The number of amides is 3. The van der Waals surface area contributed by atoms with Crippen LogP contribution in [0.3, 0.4) is 0 Å². The van der Waals surface area contributed by atoms with E-state index in [-0.39, 0.29) is 38.8 Å². The lowest BCUT2D eigenvalue weighted by Crippen LogP contribution is -2.63. The Labute approximate surface area is 262 Å². The topological polar surface area (TPSA) is 167 Å². The number of nitrogens with zero attached hydrogens (tertiary/aromatic N) is 5. The first-order valence-electron chi connectivity index (χ1n) is 14.6. The molecule has 4 rings (SSSR count). The fourth-order valence-electron chi connectivity index (χ4n) is 4.71. The summed E-state index contributed by atoms with van der Waals surface area (Å²) in [6.45, 7) is 19.0. The van der Waals surface area contributed by atoms with E-state index in [1.54, 1.807) is 70.7 Å². The van der Waals surface area contributed by atoms with Crippen LogP contribution in [0.1, 0.15) is 74.2 Å². The molecule has 0 spiro atoms. The van der Waals surface area contributed by atoms with E-state index in [1.165, 1.54) is 4.90 Å². The average Bonchev–Trinajstić information content (AvgIpc) is 3.29. The third-order valence-electron chi connectivity index (χ3n) is 7.01. The second-order valence-electron chi connectivity index (χ2n) is 12.7. The van der Waals surface area contributed by atoms with Crippen LogP contribution in [-0.4, -0.2) is 128 Å². The molecule has 252 valence electrons. The number of piperazine rings is 2. The van der Waals surface area contributed by atoms with E-state index in [9.17, 15) is 19.5 Å². The maximum absolute atomic E-state index is 12.3. The van der Waals surface area contributed by atoms with Crippen LogP contribution in [0, 0.1) is 6.92 Å². The minimum absolute atomic E-state index is 0. The molecule has 0 bridgehead atoms. The molecule has 0 aliphatic carbocycles. The molecule has 4 heterocycles. The zero-order chi connectivity index (χ0) is 32.5. The molecule has 4 atom stereocenters. The van der Waals surface area contributed by atoms with Crippen molar-refractivity contribution >= 4 is 18.3 Å². The molecule has 3 aliphatic heterocycles. The van der Waals surface area contributed by atoms with Crippen LogP contribution in [0.15, 0.2) is 12.4 Å². The van der Waals surface area contributed by atoms with Gasteiger partial charge in [0.25, 0.3) is 0 Å². The maximum atomic E-state index is 12.3. The van der Waals surface area contributed by atoms with Gasteiger partial charge in [-0.25, -0.2) is 14.4 Å². The molecular weight excluding hydrogens is 572 g/mol. The molecule has 3 N–H and O–H groups in total. The second kappa shape index (κ2) is 16.7. The Morgan fingerprint density at radius 3 is 2.00 bits per heavy atom. The van der Waals surface area contributed by atoms with Crippen molar-refractivity contribution in [3.05, 3.63) is 23.8 Å². The number of hydrogen-bond donors (Lipinski definition) is 3. The zero-order valence-corrected chi connectivity index (χ0v) is 27.0. The summed E-state index contributed by atoms with van der Waals surface area (Å²) in [5.41, 5.74) is 0.244. The van der Waals surface area contributed by atoms with Crippen molar-refractivity contribution < 1.29 is 38.8 Å². The highest BCUT2D eigenvalue weighted by molar-refractivity contribution is 5.72. The molecule has 14 nitrogen and oxygen atoms in total. The first-order valence-corrected chi connectivity index (χ1v) is 14.6. The first-order chi connectivity index (χ1) is 20.0. The van der Waals surface area contributed by atoms with Crippen molar-refractivity contribution in [2.45, 2.75) is 112 Å². The van der Waals surface area contributed by atoms with E-state index in [1.807, 2.05) is 6.92 Å². The van der Waals surface area contributed by atoms with E-state index in [0.29, 0.717) is 31.4 Å². The number of aliphatic hydroxyl groups excluding tert-OH is 2. The van der Waals surface area contributed by atoms with Gasteiger partial charge in [0.05, 0.1) is 42.7 Å². The van der Waals surface area contributed by atoms with Crippen LogP contribution >= 0.6 is 0 Å². The number of cyclic esters (lactones) is 1. The van der Waals surface area contributed by atoms with E-state index in [2.05, 4.69) is 22.2 Å². The smallest absolute Gasteiger partial charge is 0.410 e. The summed E-state index contributed by atoms with van der Waals surface area (Å²) in [6, 6.07) is -0.256. The van der Waals surface area contributed by atoms with E-state index in [4.69, 9.17) is 19.3 Å². The Hall–Kier alpha value is -3.23. The molecule has 4 unspecified atom stereocenters. The predicted octanol–water partition coefficient (Wildman–Crippen LogP) is 2.94. The van der Waals surface area contributed by atoms with Gasteiger partial charge in [0, 0.05) is 44.6 Å². The molecule has 0 aromatic carbocycles. The summed E-state index contributed by atoms with van der Waals surface area (Å²) in [5, 5.41) is 21.6. The molecule has 0 saturated carbocycles. The monoisotopic (exact) mass is 626 g/mol. The van der Waals surface area contributed by atoms with Crippen LogP contribution in [0.5, 0.6) is 0 Å². The fourth-order valence-corrected chi connectivity index (χ4v) is 4.71. The number of ether oxygens (including phenoxy) is 3. The summed E-state index contributed by atoms with van der Waals surface area (Å²) in [4.78, 5) is 48.3. The summed E-state index contributed by atoms with van der Waals surface area (Å²) < 4.78 is 15.7. The van der Waals surface area contributed by atoms with E-state index in [0.717, 1.165) is 18.8 Å². The number of aryl methyl sites for hydroxylation is 1. The Bertz CT molecular complexity index is 1080. The summed E-state index contributed by atoms with van der Waals surface area (Å²) in [6.07, 6.45) is 2.11. The third kappa shape index (κ3) is 11.4. The largest absolute Gasteiger partial charge is 0.447 e. The summed E-state index contributed by atoms with van der Waals surface area (Å²) in [5.74, 6) is 0. The minimum atomic E-state index is -0.609. The second-order valence-corrected chi connectivity index (χ2v) is 12.7. The lowest BCUT2D eigenvalue weighted by Gasteiger charge is -2.45. The fraction of sp³-hybridized carbons (Fsp3) is 0.767. The maximum Gasteiger partial charge on any atom is 0.410 e. The van der Waals surface area contributed by atoms with Crippen molar-refractivity contribution in [1.29, 1.82) is 0 Å². The van der Waals surface area contributed by atoms with Gasteiger partial charge in [0.1, 0.15) is 17.8 Å². The number of aliphatic hydroxyl groups is 2.